The molecule has 0 spiro atoms. The van der Waals surface area contributed by atoms with Gasteiger partial charge in [-0.2, -0.15) is 4.37 Å². The molecule has 0 unspecified atom stereocenters. The van der Waals surface area contributed by atoms with Gasteiger partial charge in [0.05, 0.1) is 11.3 Å². The van der Waals surface area contributed by atoms with E-state index in [2.05, 4.69) is 4.37 Å². The van der Waals surface area contributed by atoms with Crippen LogP contribution in [0.4, 0.5) is 0 Å². The van der Waals surface area contributed by atoms with Crippen molar-refractivity contribution >= 4 is 17.4 Å². The Morgan fingerprint density at radius 2 is 2.31 bits per heavy atom. The van der Waals surface area contributed by atoms with Crippen LogP contribution in [-0.4, -0.2) is 40.0 Å². The second-order valence-electron chi connectivity index (χ2n) is 4.23. The van der Waals surface area contributed by atoms with Crippen molar-refractivity contribution < 1.29 is 9.90 Å². The lowest BCUT2D eigenvalue weighted by Gasteiger charge is -2.31. The van der Waals surface area contributed by atoms with E-state index in [0.717, 1.165) is 37.2 Å². The van der Waals surface area contributed by atoms with Gasteiger partial charge in [0.2, 0.25) is 0 Å². The summed E-state index contributed by atoms with van der Waals surface area (Å²) in [4.78, 5) is 14.0. The Morgan fingerprint density at radius 1 is 1.62 bits per heavy atom. The van der Waals surface area contributed by atoms with Gasteiger partial charge < -0.3 is 10.0 Å². The fraction of sp³-hybridized carbons (Fsp3) is 0.636. The van der Waals surface area contributed by atoms with Crippen molar-refractivity contribution in [1.82, 2.24) is 9.27 Å². The van der Waals surface area contributed by atoms with E-state index in [1.807, 2.05) is 17.2 Å². The molecule has 0 aromatic carbocycles. The summed E-state index contributed by atoms with van der Waals surface area (Å²) in [6.45, 7) is 3.60. The number of amides is 1. The van der Waals surface area contributed by atoms with Gasteiger partial charge in [0.1, 0.15) is 0 Å². The summed E-state index contributed by atoms with van der Waals surface area (Å²) in [5.41, 5.74) is 1.55. The molecule has 4 nitrogen and oxygen atoms in total. The summed E-state index contributed by atoms with van der Waals surface area (Å²) < 4.78 is 4.12. The van der Waals surface area contributed by atoms with Gasteiger partial charge in [-0.3, -0.25) is 4.79 Å². The Labute approximate surface area is 99.1 Å². The fourth-order valence-corrected chi connectivity index (χ4v) is 2.67. The maximum atomic E-state index is 12.1. The number of carbonyl (C=O) groups is 1. The largest absolute Gasteiger partial charge is 0.396 e. The van der Waals surface area contributed by atoms with E-state index >= 15 is 0 Å². The molecule has 16 heavy (non-hydrogen) atoms. The first-order valence-electron chi connectivity index (χ1n) is 5.53. The van der Waals surface area contributed by atoms with Crippen molar-refractivity contribution in [3.05, 3.63) is 16.6 Å². The number of piperidine rings is 1. The maximum absolute atomic E-state index is 12.1. The predicted octanol–water partition coefficient (Wildman–Crippen LogP) is 1.30. The second kappa shape index (κ2) is 4.93. The lowest BCUT2D eigenvalue weighted by Crippen LogP contribution is -2.39. The molecule has 88 valence electrons. The van der Waals surface area contributed by atoms with Crippen molar-refractivity contribution in [3.63, 3.8) is 0 Å². The number of aliphatic hydroxyl groups excluding tert-OH is 1. The summed E-state index contributed by atoms with van der Waals surface area (Å²) >= 11 is 1.33. The van der Waals surface area contributed by atoms with Gasteiger partial charge >= 0.3 is 0 Å². The predicted molar refractivity (Wildman–Crippen MR) is 62.6 cm³/mol. The van der Waals surface area contributed by atoms with E-state index in [4.69, 9.17) is 5.11 Å². The zero-order valence-corrected chi connectivity index (χ0v) is 10.2. The fourth-order valence-electron chi connectivity index (χ4n) is 1.99. The molecule has 1 aromatic rings. The van der Waals surface area contributed by atoms with Crippen LogP contribution in [0.1, 0.15) is 28.9 Å². The van der Waals surface area contributed by atoms with Crippen LogP contribution < -0.4 is 0 Å². The van der Waals surface area contributed by atoms with Gasteiger partial charge in [-0.25, -0.2) is 0 Å². The van der Waals surface area contributed by atoms with Crippen LogP contribution in [0.5, 0.6) is 0 Å². The molecular weight excluding hydrogens is 224 g/mol. The Bertz CT molecular complexity index is 370. The molecule has 5 heteroatoms. The van der Waals surface area contributed by atoms with E-state index in [0.29, 0.717) is 5.92 Å². The molecule has 1 aliphatic heterocycles. The molecule has 2 heterocycles. The average Bonchev–Trinajstić information content (AvgIpc) is 2.75. The third kappa shape index (κ3) is 2.25. The Balaban J connectivity index is 2.00. The minimum atomic E-state index is 0.0858. The maximum Gasteiger partial charge on any atom is 0.256 e. The van der Waals surface area contributed by atoms with Crippen molar-refractivity contribution in [1.29, 1.82) is 0 Å². The van der Waals surface area contributed by atoms with Crippen LogP contribution in [0, 0.1) is 12.8 Å². The minimum absolute atomic E-state index is 0.0858. The van der Waals surface area contributed by atoms with E-state index in [1.54, 1.807) is 0 Å². The Morgan fingerprint density at radius 3 is 2.81 bits per heavy atom. The molecule has 0 atom stereocenters. The summed E-state index contributed by atoms with van der Waals surface area (Å²) in [7, 11) is 0. The van der Waals surface area contributed by atoms with E-state index < -0.39 is 0 Å². The quantitative estimate of drug-likeness (QED) is 0.847. The van der Waals surface area contributed by atoms with Gasteiger partial charge in [-0.05, 0) is 37.2 Å². The van der Waals surface area contributed by atoms with Gasteiger partial charge in [0, 0.05) is 25.1 Å². The molecule has 1 fully saturated rings. The number of hydrogen-bond acceptors (Lipinski definition) is 4. The summed E-state index contributed by atoms with van der Waals surface area (Å²) in [6, 6.07) is 0. The van der Waals surface area contributed by atoms with Crippen molar-refractivity contribution in [2.75, 3.05) is 19.7 Å². The number of aromatic nitrogens is 1. The summed E-state index contributed by atoms with van der Waals surface area (Å²) in [5.74, 6) is 0.452. The zero-order chi connectivity index (χ0) is 11.5. The zero-order valence-electron chi connectivity index (χ0n) is 9.35. The van der Waals surface area contributed by atoms with Crippen LogP contribution in [0.3, 0.4) is 0 Å². The SMILES string of the molecule is Cc1nscc1C(=O)N1CCC(CO)CC1. The smallest absolute Gasteiger partial charge is 0.256 e. The molecule has 0 aliphatic carbocycles. The van der Waals surface area contributed by atoms with E-state index in [-0.39, 0.29) is 12.5 Å². The minimum Gasteiger partial charge on any atom is -0.396 e. The highest BCUT2D eigenvalue weighted by molar-refractivity contribution is 7.03. The topological polar surface area (TPSA) is 53.4 Å². The summed E-state index contributed by atoms with van der Waals surface area (Å²) in [6.07, 6.45) is 1.80. The molecule has 0 saturated carbocycles. The Kier molecular flexibility index (Phi) is 3.56. The van der Waals surface area contributed by atoms with Crippen LogP contribution in [0.15, 0.2) is 5.38 Å². The lowest BCUT2D eigenvalue weighted by molar-refractivity contribution is 0.0650. The molecule has 1 saturated heterocycles. The Hall–Kier alpha value is -0.940. The highest BCUT2D eigenvalue weighted by atomic mass is 32.1. The molecule has 1 N–H and O–H groups in total. The summed E-state index contributed by atoms with van der Waals surface area (Å²) in [5, 5.41) is 10.8. The van der Waals surface area contributed by atoms with Gasteiger partial charge in [-0.1, -0.05) is 0 Å². The molecule has 2 rings (SSSR count). The van der Waals surface area contributed by atoms with Crippen molar-refractivity contribution in [3.8, 4) is 0 Å². The number of likely N-dealkylation sites (tertiary alicyclic amines) is 1. The molecular formula is C11H16N2O2S. The lowest BCUT2D eigenvalue weighted by atomic mass is 9.97. The number of hydrogen-bond donors (Lipinski definition) is 1. The third-order valence-corrected chi connectivity index (χ3v) is 3.86. The molecule has 1 aromatic heterocycles. The van der Waals surface area contributed by atoms with Gasteiger partial charge in [-0.15, -0.1) is 0 Å². The molecule has 0 bridgehead atoms. The van der Waals surface area contributed by atoms with Crippen LogP contribution in [0.2, 0.25) is 0 Å². The third-order valence-electron chi connectivity index (χ3n) is 3.14. The highest BCUT2D eigenvalue weighted by Gasteiger charge is 2.24. The molecule has 1 amide bonds. The normalized spacial score (nSPS) is 17.8. The van der Waals surface area contributed by atoms with Gasteiger partial charge in [0.25, 0.3) is 5.91 Å². The standard InChI is InChI=1S/C11H16N2O2S/c1-8-10(7-16-12-8)11(15)13-4-2-9(6-14)3-5-13/h7,9,14H,2-6H2,1H3. The number of carbonyl (C=O) groups excluding carboxylic acids is 1. The van der Waals surface area contributed by atoms with E-state index in [9.17, 15) is 4.79 Å². The van der Waals surface area contributed by atoms with Crippen LogP contribution in [-0.2, 0) is 0 Å². The highest BCUT2D eigenvalue weighted by Crippen LogP contribution is 2.20. The number of aryl methyl sites for hydroxylation is 1. The van der Waals surface area contributed by atoms with Crippen LogP contribution in [0.25, 0.3) is 0 Å². The number of nitrogens with zero attached hydrogens (tertiary/aromatic N) is 2. The number of rotatable bonds is 2. The molecule has 0 radical (unpaired) electrons. The first-order valence-corrected chi connectivity index (χ1v) is 6.37. The number of aliphatic hydroxyl groups is 1. The first kappa shape index (κ1) is 11.5. The second-order valence-corrected chi connectivity index (χ2v) is 4.86. The van der Waals surface area contributed by atoms with Crippen LogP contribution >= 0.6 is 11.5 Å². The average molecular weight is 240 g/mol. The van der Waals surface area contributed by atoms with Gasteiger partial charge in [0.15, 0.2) is 0 Å². The monoisotopic (exact) mass is 240 g/mol. The molecule has 1 aliphatic rings. The van der Waals surface area contributed by atoms with E-state index in [1.165, 1.54) is 11.5 Å². The first-order chi connectivity index (χ1) is 7.72. The van der Waals surface area contributed by atoms with Crippen molar-refractivity contribution in [2.45, 2.75) is 19.8 Å². The van der Waals surface area contributed by atoms with Crippen molar-refractivity contribution in [2.24, 2.45) is 5.92 Å².